The van der Waals surface area contributed by atoms with Crippen LogP contribution in [-0.4, -0.2) is 25.4 Å². The zero-order valence-corrected chi connectivity index (χ0v) is 11.4. The molecule has 0 aliphatic rings. The summed E-state index contributed by atoms with van der Waals surface area (Å²) in [4.78, 5) is 0. The molecule has 1 N–H and O–H groups in total. The van der Waals surface area contributed by atoms with Gasteiger partial charge in [-0.05, 0) is 12.8 Å². The fourth-order valence-electron chi connectivity index (χ4n) is 2.28. The quantitative estimate of drug-likeness (QED) is 0.547. The molecule has 0 heterocycles. The number of unbranched alkanes of at least 4 members (excludes halogenated alkanes) is 4. The Morgan fingerprint density at radius 2 is 1.44 bits per heavy atom. The van der Waals surface area contributed by atoms with E-state index in [0.29, 0.717) is 6.61 Å². The predicted molar refractivity (Wildman–Crippen MR) is 69.7 cm³/mol. The molecule has 98 valence electrons. The van der Waals surface area contributed by atoms with E-state index >= 15 is 0 Å². The summed E-state index contributed by atoms with van der Waals surface area (Å²) in [5.41, 5.74) is 0.0269. The second-order valence-corrected chi connectivity index (χ2v) is 5.01. The van der Waals surface area contributed by atoms with Crippen LogP contribution >= 0.6 is 0 Å². The fourth-order valence-corrected chi connectivity index (χ4v) is 2.28. The highest BCUT2D eigenvalue weighted by Gasteiger charge is 2.28. The number of ether oxygens (including phenoxy) is 1. The molecule has 0 rings (SSSR count). The van der Waals surface area contributed by atoms with Gasteiger partial charge in [-0.1, -0.05) is 52.4 Å². The molecule has 0 bridgehead atoms. The number of methoxy groups -OCH3 is 1. The molecule has 16 heavy (non-hydrogen) atoms. The minimum absolute atomic E-state index is 0.0269. The summed E-state index contributed by atoms with van der Waals surface area (Å²) in [6, 6.07) is 0. The van der Waals surface area contributed by atoms with E-state index in [4.69, 9.17) is 4.74 Å². The lowest BCUT2D eigenvalue weighted by atomic mass is 9.79. The first-order valence-corrected chi connectivity index (χ1v) is 6.84. The van der Waals surface area contributed by atoms with Crippen molar-refractivity contribution in [3.63, 3.8) is 0 Å². The third-order valence-corrected chi connectivity index (χ3v) is 3.41. The van der Waals surface area contributed by atoms with Crippen LogP contribution in [-0.2, 0) is 4.74 Å². The summed E-state index contributed by atoms with van der Waals surface area (Å²) >= 11 is 0. The molecule has 0 fully saturated rings. The first kappa shape index (κ1) is 15.9. The lowest BCUT2D eigenvalue weighted by Gasteiger charge is -2.31. The van der Waals surface area contributed by atoms with Gasteiger partial charge in [0.15, 0.2) is 0 Å². The van der Waals surface area contributed by atoms with Gasteiger partial charge in [0.2, 0.25) is 0 Å². The summed E-state index contributed by atoms with van der Waals surface area (Å²) in [5, 5.41) is 9.63. The second kappa shape index (κ2) is 10.1. The Labute approximate surface area is 101 Å². The van der Waals surface area contributed by atoms with E-state index in [0.717, 1.165) is 12.8 Å². The van der Waals surface area contributed by atoms with Crippen molar-refractivity contribution in [2.45, 2.75) is 65.2 Å². The molecule has 0 atom stereocenters. The smallest absolute Gasteiger partial charge is 0.0540 e. The summed E-state index contributed by atoms with van der Waals surface area (Å²) < 4.78 is 5.30. The van der Waals surface area contributed by atoms with Gasteiger partial charge in [0.1, 0.15) is 0 Å². The average Bonchev–Trinajstić information content (AvgIpc) is 2.29. The normalized spacial score (nSPS) is 12.0. The Bertz CT molecular complexity index is 136. The number of hydrogen-bond acceptors (Lipinski definition) is 2. The van der Waals surface area contributed by atoms with Crippen LogP contribution in [0, 0.1) is 5.41 Å². The third-order valence-electron chi connectivity index (χ3n) is 3.41. The van der Waals surface area contributed by atoms with Crippen molar-refractivity contribution in [3.8, 4) is 0 Å². The molecule has 0 spiro atoms. The van der Waals surface area contributed by atoms with Crippen molar-refractivity contribution < 1.29 is 9.84 Å². The molecule has 0 aromatic heterocycles. The molecule has 2 nitrogen and oxygen atoms in total. The van der Waals surface area contributed by atoms with Gasteiger partial charge in [-0.15, -0.1) is 0 Å². The first-order valence-electron chi connectivity index (χ1n) is 6.84. The monoisotopic (exact) mass is 230 g/mol. The summed E-state index contributed by atoms with van der Waals surface area (Å²) in [5.74, 6) is 0. The SMILES string of the molecule is CCCCCC(CO)(CCCCC)COC. The lowest BCUT2D eigenvalue weighted by molar-refractivity contribution is 0.0131. The average molecular weight is 230 g/mol. The molecule has 0 saturated heterocycles. The van der Waals surface area contributed by atoms with E-state index in [2.05, 4.69) is 13.8 Å². The molecule has 0 aliphatic carbocycles. The minimum Gasteiger partial charge on any atom is -0.396 e. The minimum atomic E-state index is 0.0269. The largest absolute Gasteiger partial charge is 0.396 e. The second-order valence-electron chi connectivity index (χ2n) is 5.01. The third kappa shape index (κ3) is 6.49. The Hall–Kier alpha value is -0.0800. The maximum Gasteiger partial charge on any atom is 0.0540 e. The van der Waals surface area contributed by atoms with Crippen LogP contribution in [0.1, 0.15) is 65.2 Å². The number of aliphatic hydroxyl groups excluding tert-OH is 1. The van der Waals surface area contributed by atoms with Crippen molar-refractivity contribution in [2.75, 3.05) is 20.3 Å². The van der Waals surface area contributed by atoms with Gasteiger partial charge in [-0.25, -0.2) is 0 Å². The van der Waals surface area contributed by atoms with Crippen molar-refractivity contribution in [3.05, 3.63) is 0 Å². The topological polar surface area (TPSA) is 29.5 Å². The Balaban J connectivity index is 4.09. The van der Waals surface area contributed by atoms with Gasteiger partial charge in [0, 0.05) is 12.5 Å². The molecular weight excluding hydrogens is 200 g/mol. The van der Waals surface area contributed by atoms with Crippen molar-refractivity contribution in [1.29, 1.82) is 0 Å². The highest BCUT2D eigenvalue weighted by Crippen LogP contribution is 2.31. The fraction of sp³-hybridized carbons (Fsp3) is 1.00. The molecule has 0 aliphatic heterocycles. The number of aliphatic hydroxyl groups is 1. The number of hydrogen-bond donors (Lipinski definition) is 1. The van der Waals surface area contributed by atoms with E-state index in [1.54, 1.807) is 7.11 Å². The van der Waals surface area contributed by atoms with Crippen molar-refractivity contribution in [1.82, 2.24) is 0 Å². The van der Waals surface area contributed by atoms with E-state index in [1.807, 2.05) is 0 Å². The molecule has 0 aromatic carbocycles. The van der Waals surface area contributed by atoms with E-state index in [1.165, 1.54) is 38.5 Å². The first-order chi connectivity index (χ1) is 7.74. The highest BCUT2D eigenvalue weighted by atomic mass is 16.5. The van der Waals surface area contributed by atoms with Crippen LogP contribution in [0.25, 0.3) is 0 Å². The molecule has 0 unspecified atom stereocenters. The van der Waals surface area contributed by atoms with E-state index in [-0.39, 0.29) is 12.0 Å². The summed E-state index contributed by atoms with van der Waals surface area (Å²) in [6.45, 7) is 5.41. The molecule has 0 saturated carbocycles. The summed E-state index contributed by atoms with van der Waals surface area (Å²) in [6.07, 6.45) is 9.65. The zero-order valence-electron chi connectivity index (χ0n) is 11.4. The molecule has 0 amide bonds. The molecule has 2 heteroatoms. The number of rotatable bonds is 11. The molecule has 0 aromatic rings. The van der Waals surface area contributed by atoms with Gasteiger partial charge in [0.25, 0.3) is 0 Å². The Morgan fingerprint density at radius 1 is 0.938 bits per heavy atom. The van der Waals surface area contributed by atoms with Crippen LogP contribution < -0.4 is 0 Å². The Morgan fingerprint density at radius 3 is 1.75 bits per heavy atom. The highest BCUT2D eigenvalue weighted by molar-refractivity contribution is 4.78. The van der Waals surface area contributed by atoms with Crippen LogP contribution in [0.2, 0.25) is 0 Å². The van der Waals surface area contributed by atoms with Crippen molar-refractivity contribution in [2.24, 2.45) is 5.41 Å². The van der Waals surface area contributed by atoms with E-state index < -0.39 is 0 Å². The van der Waals surface area contributed by atoms with Crippen LogP contribution in [0.5, 0.6) is 0 Å². The maximum absolute atomic E-state index is 9.63. The van der Waals surface area contributed by atoms with Gasteiger partial charge in [-0.2, -0.15) is 0 Å². The van der Waals surface area contributed by atoms with Gasteiger partial charge >= 0.3 is 0 Å². The lowest BCUT2D eigenvalue weighted by Crippen LogP contribution is -2.31. The molecule has 0 radical (unpaired) electrons. The molecular formula is C14H30O2. The standard InChI is InChI=1S/C14H30O2/c1-4-6-8-10-14(12-15,13-16-3)11-9-7-5-2/h15H,4-13H2,1-3H3. The zero-order chi connectivity index (χ0) is 12.3. The summed E-state index contributed by atoms with van der Waals surface area (Å²) in [7, 11) is 1.74. The Kier molecular flexibility index (Phi) is 10.0. The van der Waals surface area contributed by atoms with Gasteiger partial charge < -0.3 is 9.84 Å². The van der Waals surface area contributed by atoms with Crippen LogP contribution in [0.4, 0.5) is 0 Å². The van der Waals surface area contributed by atoms with Crippen LogP contribution in [0.3, 0.4) is 0 Å². The maximum atomic E-state index is 9.63. The van der Waals surface area contributed by atoms with Crippen molar-refractivity contribution >= 4 is 0 Å². The predicted octanol–water partition coefficient (Wildman–Crippen LogP) is 3.77. The van der Waals surface area contributed by atoms with E-state index in [9.17, 15) is 5.11 Å². The van der Waals surface area contributed by atoms with Gasteiger partial charge in [0.05, 0.1) is 13.2 Å². The van der Waals surface area contributed by atoms with Gasteiger partial charge in [-0.3, -0.25) is 0 Å². The van der Waals surface area contributed by atoms with Crippen LogP contribution in [0.15, 0.2) is 0 Å².